The number of aliphatic hydroxyl groups excluding tert-OH is 1. The lowest BCUT2D eigenvalue weighted by Crippen LogP contribution is -2.23. The summed E-state index contributed by atoms with van der Waals surface area (Å²) >= 11 is 0. The van der Waals surface area contributed by atoms with E-state index in [9.17, 15) is 18.7 Å². The van der Waals surface area contributed by atoms with Crippen molar-refractivity contribution in [2.24, 2.45) is 0 Å². The number of hydrogen-bond donors (Lipinski definition) is 2. The summed E-state index contributed by atoms with van der Waals surface area (Å²) in [6, 6.07) is 3.43. The van der Waals surface area contributed by atoms with E-state index in [1.807, 2.05) is 0 Å². The molecule has 0 aliphatic rings. The summed E-state index contributed by atoms with van der Waals surface area (Å²) in [4.78, 5) is 10.3. The molecule has 0 aromatic heterocycles. The second-order valence-electron chi connectivity index (χ2n) is 3.19. The van der Waals surface area contributed by atoms with Crippen molar-refractivity contribution in [1.29, 1.82) is 0 Å². The monoisotopic (exact) mass is 216 g/mol. The van der Waals surface area contributed by atoms with E-state index in [1.165, 1.54) is 13.0 Å². The maximum Gasteiger partial charge on any atom is 0.341 e. The van der Waals surface area contributed by atoms with Crippen LogP contribution in [0, 0.1) is 12.7 Å². The van der Waals surface area contributed by atoms with E-state index >= 15 is 0 Å². The minimum atomic E-state index is -2.45. The summed E-state index contributed by atoms with van der Waals surface area (Å²) < 4.78 is 25.7. The maximum absolute atomic E-state index is 12.9. The van der Waals surface area contributed by atoms with E-state index in [2.05, 4.69) is 0 Å². The number of benzene rings is 1. The molecule has 5 heteroatoms. The first-order valence-electron chi connectivity index (χ1n) is 4.24. The summed E-state index contributed by atoms with van der Waals surface area (Å²) in [6.45, 7) is 1.53. The molecular weight excluding hydrogens is 206 g/mol. The number of carboxylic acid groups (broad SMARTS) is 1. The molecule has 0 saturated heterocycles. The topological polar surface area (TPSA) is 57.5 Å². The Bertz CT molecular complexity index is 379. The average molecular weight is 216 g/mol. The molecule has 3 nitrogen and oxygen atoms in total. The van der Waals surface area contributed by atoms with Crippen LogP contribution in [0.15, 0.2) is 18.2 Å². The summed E-state index contributed by atoms with van der Waals surface area (Å²) in [5.74, 6) is -2.42. The Morgan fingerprint density at radius 1 is 1.47 bits per heavy atom. The smallest absolute Gasteiger partial charge is 0.341 e. The molecule has 0 radical (unpaired) electrons. The van der Waals surface area contributed by atoms with Crippen molar-refractivity contribution < 1.29 is 23.8 Å². The van der Waals surface area contributed by atoms with Gasteiger partial charge in [0, 0.05) is 0 Å². The largest absolute Gasteiger partial charge is 0.479 e. The number of rotatable bonds is 3. The Morgan fingerprint density at radius 2 is 2.07 bits per heavy atom. The van der Waals surface area contributed by atoms with Crippen LogP contribution in [0.25, 0.3) is 0 Å². The van der Waals surface area contributed by atoms with E-state index in [0.717, 1.165) is 12.1 Å². The van der Waals surface area contributed by atoms with Crippen LogP contribution in [0.3, 0.4) is 0 Å². The van der Waals surface area contributed by atoms with Crippen molar-refractivity contribution in [1.82, 2.24) is 0 Å². The molecule has 0 spiro atoms. The molecule has 0 bridgehead atoms. The first-order valence-corrected chi connectivity index (χ1v) is 4.24. The highest BCUT2D eigenvalue weighted by Crippen LogP contribution is 2.23. The molecule has 0 fully saturated rings. The van der Waals surface area contributed by atoms with E-state index in [1.54, 1.807) is 0 Å². The van der Waals surface area contributed by atoms with Crippen LogP contribution in [0.4, 0.5) is 8.78 Å². The minimum Gasteiger partial charge on any atom is -0.479 e. The lowest BCUT2D eigenvalue weighted by molar-refractivity contribution is -0.147. The Labute approximate surface area is 85.0 Å². The predicted molar refractivity (Wildman–Crippen MR) is 48.6 cm³/mol. The van der Waals surface area contributed by atoms with Gasteiger partial charge in [0.2, 0.25) is 6.17 Å². The molecule has 1 aromatic carbocycles. The van der Waals surface area contributed by atoms with Gasteiger partial charge in [0.25, 0.3) is 0 Å². The van der Waals surface area contributed by atoms with Crippen molar-refractivity contribution >= 4 is 5.97 Å². The van der Waals surface area contributed by atoms with Gasteiger partial charge in [-0.1, -0.05) is 6.07 Å². The highest BCUT2D eigenvalue weighted by Gasteiger charge is 2.28. The van der Waals surface area contributed by atoms with Crippen molar-refractivity contribution in [2.45, 2.75) is 19.2 Å². The van der Waals surface area contributed by atoms with Gasteiger partial charge >= 0.3 is 5.97 Å². The average Bonchev–Trinajstić information content (AvgIpc) is 2.19. The third-order valence-electron chi connectivity index (χ3n) is 2.07. The molecule has 15 heavy (non-hydrogen) atoms. The molecule has 0 heterocycles. The number of aliphatic carboxylic acids is 1. The third-order valence-corrected chi connectivity index (χ3v) is 2.07. The Balaban J connectivity index is 3.04. The fourth-order valence-electron chi connectivity index (χ4n) is 1.22. The lowest BCUT2D eigenvalue weighted by Gasteiger charge is -2.14. The van der Waals surface area contributed by atoms with Gasteiger partial charge in [-0.05, 0) is 30.2 Å². The second-order valence-corrected chi connectivity index (χ2v) is 3.19. The van der Waals surface area contributed by atoms with Gasteiger partial charge < -0.3 is 10.2 Å². The SMILES string of the molecule is Cc1ccc(F)cc1C(O)C(F)C(=O)O. The van der Waals surface area contributed by atoms with Crippen LogP contribution in [-0.4, -0.2) is 22.4 Å². The molecule has 0 amide bonds. The van der Waals surface area contributed by atoms with Crippen LogP contribution in [0.5, 0.6) is 0 Å². The standard InChI is InChI=1S/C10H10F2O3/c1-5-2-3-6(11)4-7(5)9(13)8(12)10(14)15/h2-4,8-9,13H,1H3,(H,14,15). The highest BCUT2D eigenvalue weighted by molar-refractivity contribution is 5.73. The van der Waals surface area contributed by atoms with Gasteiger partial charge in [-0.15, -0.1) is 0 Å². The van der Waals surface area contributed by atoms with Gasteiger partial charge in [-0.2, -0.15) is 0 Å². The van der Waals surface area contributed by atoms with Gasteiger partial charge in [-0.3, -0.25) is 0 Å². The summed E-state index contributed by atoms with van der Waals surface area (Å²) in [7, 11) is 0. The zero-order valence-electron chi connectivity index (χ0n) is 7.95. The van der Waals surface area contributed by atoms with Crippen molar-refractivity contribution in [2.75, 3.05) is 0 Å². The summed E-state index contributed by atoms with van der Waals surface area (Å²) in [6.07, 6.45) is -4.30. The zero-order valence-corrected chi connectivity index (χ0v) is 7.95. The number of carbonyl (C=O) groups is 1. The number of alkyl halides is 1. The van der Waals surface area contributed by atoms with Gasteiger partial charge in [0.05, 0.1) is 0 Å². The fourth-order valence-corrected chi connectivity index (χ4v) is 1.22. The lowest BCUT2D eigenvalue weighted by atomic mass is 10.00. The Hall–Kier alpha value is -1.49. The van der Waals surface area contributed by atoms with E-state index in [-0.39, 0.29) is 5.56 Å². The van der Waals surface area contributed by atoms with Gasteiger partial charge in [0.15, 0.2) is 0 Å². The first-order chi connectivity index (χ1) is 6.93. The molecule has 2 atom stereocenters. The molecule has 1 rings (SSSR count). The number of aliphatic hydroxyl groups is 1. The number of carboxylic acids is 1. The van der Waals surface area contributed by atoms with Crippen molar-refractivity contribution in [3.63, 3.8) is 0 Å². The van der Waals surface area contributed by atoms with Gasteiger partial charge in [-0.25, -0.2) is 13.6 Å². The highest BCUT2D eigenvalue weighted by atomic mass is 19.1. The van der Waals surface area contributed by atoms with Crippen LogP contribution < -0.4 is 0 Å². The minimum absolute atomic E-state index is 0.0510. The first kappa shape index (κ1) is 11.6. The van der Waals surface area contributed by atoms with E-state index in [0.29, 0.717) is 5.56 Å². The maximum atomic E-state index is 12.9. The van der Waals surface area contributed by atoms with Crippen molar-refractivity contribution in [3.05, 3.63) is 35.1 Å². The normalized spacial score (nSPS) is 14.7. The summed E-state index contributed by atoms with van der Waals surface area (Å²) in [5.41, 5.74) is 0.387. The van der Waals surface area contributed by atoms with E-state index in [4.69, 9.17) is 5.11 Å². The fraction of sp³-hybridized carbons (Fsp3) is 0.300. The van der Waals surface area contributed by atoms with Crippen LogP contribution in [0.1, 0.15) is 17.2 Å². The quantitative estimate of drug-likeness (QED) is 0.806. The van der Waals surface area contributed by atoms with Gasteiger partial charge in [0.1, 0.15) is 11.9 Å². The van der Waals surface area contributed by atoms with Crippen LogP contribution in [-0.2, 0) is 4.79 Å². The predicted octanol–water partition coefficient (Wildman–Crippen LogP) is 1.59. The molecule has 0 saturated carbocycles. The molecular formula is C10H10F2O3. The third kappa shape index (κ3) is 2.50. The summed E-state index contributed by atoms with van der Waals surface area (Å²) in [5, 5.41) is 17.7. The number of halogens is 2. The Morgan fingerprint density at radius 3 is 2.60 bits per heavy atom. The molecule has 2 N–H and O–H groups in total. The number of hydrogen-bond acceptors (Lipinski definition) is 2. The molecule has 2 unspecified atom stereocenters. The number of aryl methyl sites for hydroxylation is 1. The molecule has 1 aromatic rings. The molecule has 0 aliphatic carbocycles. The second kappa shape index (κ2) is 4.35. The van der Waals surface area contributed by atoms with Crippen molar-refractivity contribution in [3.8, 4) is 0 Å². The molecule has 0 aliphatic heterocycles. The Kier molecular flexibility index (Phi) is 3.36. The molecule has 82 valence electrons. The van der Waals surface area contributed by atoms with Crippen LogP contribution >= 0.6 is 0 Å². The zero-order chi connectivity index (χ0) is 11.6. The van der Waals surface area contributed by atoms with Crippen LogP contribution in [0.2, 0.25) is 0 Å². The van der Waals surface area contributed by atoms with E-state index < -0.39 is 24.1 Å².